The van der Waals surface area contributed by atoms with Crippen LogP contribution in [-0.2, 0) is 6.54 Å². The van der Waals surface area contributed by atoms with Gasteiger partial charge in [0.15, 0.2) is 0 Å². The number of hydrogen-bond donors (Lipinski definition) is 1. The van der Waals surface area contributed by atoms with Crippen LogP contribution in [0, 0.1) is 31.5 Å². The molecule has 0 radical (unpaired) electrons. The molecule has 0 amide bonds. The average molecular weight is 258 g/mol. The lowest BCUT2D eigenvalue weighted by molar-refractivity contribution is 0.350. The highest BCUT2D eigenvalue weighted by atomic mass is 19.1. The third kappa shape index (κ3) is 3.21. The number of aliphatic hydroxyl groups excluding tert-OH is 1. The summed E-state index contributed by atoms with van der Waals surface area (Å²) in [4.78, 5) is 0. The third-order valence-corrected chi connectivity index (χ3v) is 2.77. The SMILES string of the molecule is Cc1cc(C)n(Cc2ccc(F)c(C#CCO)c2)n1. The minimum absolute atomic E-state index is 0.277. The molecule has 19 heavy (non-hydrogen) atoms. The number of aromatic nitrogens is 2. The van der Waals surface area contributed by atoms with Gasteiger partial charge in [-0.25, -0.2) is 4.39 Å². The van der Waals surface area contributed by atoms with Gasteiger partial charge in [-0.2, -0.15) is 5.10 Å². The highest BCUT2D eigenvalue weighted by Crippen LogP contribution is 2.12. The fourth-order valence-corrected chi connectivity index (χ4v) is 1.91. The smallest absolute Gasteiger partial charge is 0.138 e. The monoisotopic (exact) mass is 258 g/mol. The quantitative estimate of drug-likeness (QED) is 0.837. The summed E-state index contributed by atoms with van der Waals surface area (Å²) in [7, 11) is 0. The normalized spacial score (nSPS) is 10.1. The lowest BCUT2D eigenvalue weighted by Crippen LogP contribution is -2.04. The molecule has 0 unspecified atom stereocenters. The second-order valence-electron chi connectivity index (χ2n) is 4.36. The first kappa shape index (κ1) is 13.3. The van der Waals surface area contributed by atoms with E-state index in [0.29, 0.717) is 12.1 Å². The number of aryl methyl sites for hydroxylation is 2. The van der Waals surface area contributed by atoms with Crippen molar-refractivity contribution < 1.29 is 9.50 Å². The Morgan fingerprint density at radius 2 is 2.11 bits per heavy atom. The molecule has 0 aliphatic heterocycles. The van der Waals surface area contributed by atoms with E-state index in [0.717, 1.165) is 17.0 Å². The molecule has 4 heteroatoms. The molecule has 0 saturated heterocycles. The molecule has 98 valence electrons. The van der Waals surface area contributed by atoms with Gasteiger partial charge in [0, 0.05) is 5.69 Å². The van der Waals surface area contributed by atoms with Crippen molar-refractivity contribution in [3.05, 3.63) is 52.6 Å². The highest BCUT2D eigenvalue weighted by molar-refractivity contribution is 5.38. The molecule has 0 spiro atoms. The summed E-state index contributed by atoms with van der Waals surface area (Å²) in [5, 5.41) is 13.0. The Kier molecular flexibility index (Phi) is 3.98. The molecule has 0 bridgehead atoms. The predicted octanol–water partition coefficient (Wildman–Crippen LogP) is 2.03. The first-order valence-corrected chi connectivity index (χ1v) is 5.99. The molecule has 0 saturated carbocycles. The van der Waals surface area contributed by atoms with E-state index >= 15 is 0 Å². The maximum absolute atomic E-state index is 13.5. The Morgan fingerprint density at radius 3 is 2.74 bits per heavy atom. The summed E-state index contributed by atoms with van der Waals surface area (Å²) >= 11 is 0. The van der Waals surface area contributed by atoms with Crippen molar-refractivity contribution in [3.8, 4) is 11.8 Å². The van der Waals surface area contributed by atoms with E-state index in [4.69, 9.17) is 5.11 Å². The number of aliphatic hydroxyl groups is 1. The van der Waals surface area contributed by atoms with Crippen LogP contribution in [0.3, 0.4) is 0 Å². The highest BCUT2D eigenvalue weighted by Gasteiger charge is 2.05. The molecule has 2 aromatic rings. The van der Waals surface area contributed by atoms with E-state index in [-0.39, 0.29) is 12.4 Å². The van der Waals surface area contributed by atoms with Gasteiger partial charge in [0.2, 0.25) is 0 Å². The minimum Gasteiger partial charge on any atom is -0.384 e. The summed E-state index contributed by atoms with van der Waals surface area (Å²) in [5.41, 5.74) is 3.24. The van der Waals surface area contributed by atoms with Crippen LogP contribution in [-0.4, -0.2) is 21.5 Å². The van der Waals surface area contributed by atoms with Crippen LogP contribution in [0.5, 0.6) is 0 Å². The topological polar surface area (TPSA) is 38.0 Å². The lowest BCUT2D eigenvalue weighted by Gasteiger charge is -2.05. The standard InChI is InChI=1S/C15H15FN2O/c1-11-8-12(2)18(17-11)10-13-5-6-15(16)14(9-13)4-3-7-19/h5-6,8-9,19H,7,10H2,1-2H3. The maximum Gasteiger partial charge on any atom is 0.138 e. The zero-order chi connectivity index (χ0) is 13.8. The number of hydrogen-bond acceptors (Lipinski definition) is 2. The molecular formula is C15H15FN2O. The molecule has 1 aromatic carbocycles. The van der Waals surface area contributed by atoms with Crippen molar-refractivity contribution in [1.82, 2.24) is 9.78 Å². The van der Waals surface area contributed by atoms with Gasteiger partial charge in [0.05, 0.1) is 17.8 Å². The van der Waals surface area contributed by atoms with Gasteiger partial charge in [-0.05, 0) is 37.6 Å². The zero-order valence-corrected chi connectivity index (χ0v) is 10.9. The summed E-state index contributed by atoms with van der Waals surface area (Å²) in [6, 6.07) is 6.79. The van der Waals surface area contributed by atoms with Crippen molar-refractivity contribution in [2.24, 2.45) is 0 Å². The van der Waals surface area contributed by atoms with Crippen molar-refractivity contribution in [2.45, 2.75) is 20.4 Å². The molecule has 1 aromatic heterocycles. The zero-order valence-electron chi connectivity index (χ0n) is 10.9. The largest absolute Gasteiger partial charge is 0.384 e. The maximum atomic E-state index is 13.5. The Labute approximate surface area is 111 Å². The van der Waals surface area contributed by atoms with Gasteiger partial charge in [-0.3, -0.25) is 4.68 Å². The van der Waals surface area contributed by atoms with Gasteiger partial charge in [-0.15, -0.1) is 0 Å². The summed E-state index contributed by atoms with van der Waals surface area (Å²) in [6.07, 6.45) is 0. The van der Waals surface area contributed by atoms with Crippen LogP contribution in [0.25, 0.3) is 0 Å². The Hall–Kier alpha value is -2.12. The van der Waals surface area contributed by atoms with Crippen LogP contribution in [0.1, 0.15) is 22.5 Å². The molecule has 0 aliphatic rings. The molecule has 3 nitrogen and oxygen atoms in total. The fourth-order valence-electron chi connectivity index (χ4n) is 1.91. The second kappa shape index (κ2) is 5.68. The molecule has 0 aliphatic carbocycles. The Balaban J connectivity index is 2.28. The molecule has 1 N–H and O–H groups in total. The molecule has 1 heterocycles. The van der Waals surface area contributed by atoms with E-state index in [2.05, 4.69) is 16.9 Å². The fraction of sp³-hybridized carbons (Fsp3) is 0.267. The van der Waals surface area contributed by atoms with Crippen molar-refractivity contribution in [3.63, 3.8) is 0 Å². The van der Waals surface area contributed by atoms with E-state index in [9.17, 15) is 4.39 Å². The first-order valence-electron chi connectivity index (χ1n) is 5.99. The lowest BCUT2D eigenvalue weighted by atomic mass is 10.1. The van der Waals surface area contributed by atoms with E-state index < -0.39 is 0 Å². The number of rotatable bonds is 2. The van der Waals surface area contributed by atoms with E-state index in [1.54, 1.807) is 12.1 Å². The number of benzene rings is 1. The van der Waals surface area contributed by atoms with Crippen LogP contribution in [0.15, 0.2) is 24.3 Å². The first-order chi connectivity index (χ1) is 9.10. The van der Waals surface area contributed by atoms with Crippen molar-refractivity contribution in [1.29, 1.82) is 0 Å². The van der Waals surface area contributed by atoms with Gasteiger partial charge in [0.25, 0.3) is 0 Å². The number of nitrogens with zero attached hydrogens (tertiary/aromatic N) is 2. The van der Waals surface area contributed by atoms with Gasteiger partial charge in [0.1, 0.15) is 12.4 Å². The molecule has 0 atom stereocenters. The van der Waals surface area contributed by atoms with Gasteiger partial charge < -0.3 is 5.11 Å². The van der Waals surface area contributed by atoms with Gasteiger partial charge in [-0.1, -0.05) is 17.9 Å². The van der Waals surface area contributed by atoms with Crippen molar-refractivity contribution >= 4 is 0 Å². The summed E-state index contributed by atoms with van der Waals surface area (Å²) in [5.74, 6) is 4.68. The molecule has 0 fully saturated rings. The average Bonchev–Trinajstić information content (AvgIpc) is 2.68. The van der Waals surface area contributed by atoms with E-state index in [1.807, 2.05) is 24.6 Å². The third-order valence-electron chi connectivity index (χ3n) is 2.77. The van der Waals surface area contributed by atoms with Crippen LogP contribution in [0.4, 0.5) is 4.39 Å². The molecular weight excluding hydrogens is 243 g/mol. The van der Waals surface area contributed by atoms with E-state index in [1.165, 1.54) is 6.07 Å². The van der Waals surface area contributed by atoms with Gasteiger partial charge >= 0.3 is 0 Å². The second-order valence-corrected chi connectivity index (χ2v) is 4.36. The predicted molar refractivity (Wildman–Crippen MR) is 71.2 cm³/mol. The number of halogens is 1. The van der Waals surface area contributed by atoms with Crippen molar-refractivity contribution in [2.75, 3.05) is 6.61 Å². The van der Waals surface area contributed by atoms with Crippen LogP contribution in [0.2, 0.25) is 0 Å². The minimum atomic E-state index is -0.377. The Morgan fingerprint density at radius 1 is 1.32 bits per heavy atom. The summed E-state index contributed by atoms with van der Waals surface area (Å²) in [6.45, 7) is 4.22. The summed E-state index contributed by atoms with van der Waals surface area (Å²) < 4.78 is 15.4. The Bertz CT molecular complexity index is 650. The molecule has 2 rings (SSSR count). The van der Waals surface area contributed by atoms with Crippen LogP contribution >= 0.6 is 0 Å². The van der Waals surface area contributed by atoms with Crippen LogP contribution < -0.4 is 0 Å².